The van der Waals surface area contributed by atoms with Crippen molar-refractivity contribution < 1.29 is 39.6 Å². The number of carboxylic acid groups (broad SMARTS) is 4. The summed E-state index contributed by atoms with van der Waals surface area (Å²) in [7, 11) is 0. The molecule has 2 aromatic carbocycles. The lowest BCUT2D eigenvalue weighted by Gasteiger charge is -2.23. The van der Waals surface area contributed by atoms with Crippen molar-refractivity contribution in [2.45, 2.75) is 259 Å². The summed E-state index contributed by atoms with van der Waals surface area (Å²) in [6, 6.07) is 7.72. The van der Waals surface area contributed by atoms with Gasteiger partial charge in [0.25, 0.3) is 0 Å². The third-order valence-electron chi connectivity index (χ3n) is 15.9. The molecule has 0 saturated carbocycles. The Balaban J connectivity index is 1.82. The SMILES string of the molecule is CCCCCCCCCCC(C(=O)O)C1=C(C(CCCCCCCCCC)C(=O)O)c2ccc3c4c(ccc1c24)C(C(CCCCCCCCCC)C(=O)O)=C3C(CCCCCCCCCC)C(=O)O. The molecule has 0 heterocycles. The zero-order valence-corrected chi connectivity index (χ0v) is 44.5. The van der Waals surface area contributed by atoms with Gasteiger partial charge in [-0.25, -0.2) is 0 Å². The summed E-state index contributed by atoms with van der Waals surface area (Å²) in [5.41, 5.74) is 5.18. The van der Waals surface area contributed by atoms with Crippen molar-refractivity contribution in [3.05, 3.63) is 46.5 Å². The lowest BCUT2D eigenvalue weighted by molar-refractivity contribution is -0.141. The van der Waals surface area contributed by atoms with Gasteiger partial charge in [0.2, 0.25) is 0 Å². The number of unbranched alkanes of at least 4 members (excludes halogenated alkanes) is 28. The first-order valence-corrected chi connectivity index (χ1v) is 29.1. The highest BCUT2D eigenvalue weighted by Gasteiger charge is 2.43. The maximum Gasteiger partial charge on any atom is 0.311 e. The summed E-state index contributed by atoms with van der Waals surface area (Å²) in [5, 5.41) is 46.1. The van der Waals surface area contributed by atoms with E-state index >= 15 is 0 Å². The van der Waals surface area contributed by atoms with Crippen LogP contribution in [0.2, 0.25) is 0 Å². The average Bonchev–Trinajstić information content (AvgIpc) is 3.83. The van der Waals surface area contributed by atoms with E-state index in [1.165, 1.54) is 103 Å². The summed E-state index contributed by atoms with van der Waals surface area (Å²) in [6.07, 6.45) is 35.9. The summed E-state index contributed by atoms with van der Waals surface area (Å²) < 4.78 is 0. The summed E-state index contributed by atoms with van der Waals surface area (Å²) in [4.78, 5) is 54.5. The molecule has 4 N–H and O–H groups in total. The molecule has 8 heteroatoms. The van der Waals surface area contributed by atoms with Crippen LogP contribution in [0.1, 0.15) is 281 Å². The molecular weight excluding hydrogens is 873 g/mol. The number of benzene rings is 2. The zero-order chi connectivity index (χ0) is 50.7. The maximum atomic E-state index is 13.6. The Bertz CT molecular complexity index is 1710. The van der Waals surface area contributed by atoms with Crippen molar-refractivity contribution in [1.82, 2.24) is 0 Å². The third kappa shape index (κ3) is 17.1. The fourth-order valence-electron chi connectivity index (χ4n) is 12.0. The van der Waals surface area contributed by atoms with Crippen molar-refractivity contribution in [3.63, 3.8) is 0 Å². The highest BCUT2D eigenvalue weighted by Crippen LogP contribution is 2.57. The monoisotopic (exact) mass is 969 g/mol. The second-order valence-corrected chi connectivity index (χ2v) is 21.3. The molecule has 2 aromatic rings. The van der Waals surface area contributed by atoms with Crippen LogP contribution in [-0.2, 0) is 19.2 Å². The zero-order valence-electron chi connectivity index (χ0n) is 44.5. The van der Waals surface area contributed by atoms with E-state index in [1.807, 2.05) is 24.3 Å². The van der Waals surface area contributed by atoms with Crippen molar-refractivity contribution in [2.75, 3.05) is 0 Å². The van der Waals surface area contributed by atoms with E-state index in [-0.39, 0.29) is 0 Å². The molecule has 4 unspecified atom stereocenters. The Kier molecular flexibility index (Phi) is 27.6. The van der Waals surface area contributed by atoms with E-state index in [2.05, 4.69) is 27.7 Å². The summed E-state index contributed by atoms with van der Waals surface area (Å²) >= 11 is 0. The summed E-state index contributed by atoms with van der Waals surface area (Å²) in [6.45, 7) is 8.83. The first-order valence-electron chi connectivity index (χ1n) is 29.1. The predicted molar refractivity (Wildman–Crippen MR) is 291 cm³/mol. The van der Waals surface area contributed by atoms with Gasteiger partial charge in [-0.2, -0.15) is 0 Å². The predicted octanol–water partition coefficient (Wildman–Crippen LogP) is 18.2. The molecular formula is C62H96O8. The molecule has 2 aliphatic carbocycles. The van der Waals surface area contributed by atoms with Crippen molar-refractivity contribution in [2.24, 2.45) is 23.7 Å². The Hall–Kier alpha value is -3.94. The highest BCUT2D eigenvalue weighted by atomic mass is 16.4. The second-order valence-electron chi connectivity index (χ2n) is 21.3. The third-order valence-corrected chi connectivity index (χ3v) is 15.9. The minimum absolute atomic E-state index is 0.394. The molecule has 2 aliphatic rings. The van der Waals surface area contributed by atoms with Gasteiger partial charge in [0.15, 0.2) is 0 Å². The number of aliphatic carboxylic acids is 4. The van der Waals surface area contributed by atoms with Crippen LogP contribution in [0.15, 0.2) is 24.3 Å². The largest absolute Gasteiger partial charge is 0.481 e. The molecule has 392 valence electrons. The lowest BCUT2D eigenvalue weighted by atomic mass is 9.80. The molecule has 4 atom stereocenters. The minimum Gasteiger partial charge on any atom is -0.481 e. The number of carbonyl (C=O) groups is 4. The molecule has 0 radical (unpaired) electrons. The Morgan fingerprint density at radius 1 is 0.286 bits per heavy atom. The molecule has 70 heavy (non-hydrogen) atoms. The van der Waals surface area contributed by atoms with E-state index in [4.69, 9.17) is 0 Å². The van der Waals surface area contributed by atoms with Gasteiger partial charge in [-0.05, 0) is 81.0 Å². The normalized spacial score (nSPS) is 14.7. The van der Waals surface area contributed by atoms with Crippen LogP contribution in [0.5, 0.6) is 0 Å². The van der Waals surface area contributed by atoms with Crippen molar-refractivity contribution >= 4 is 56.9 Å². The van der Waals surface area contributed by atoms with Crippen molar-refractivity contribution in [1.29, 1.82) is 0 Å². The molecule has 4 rings (SSSR count). The van der Waals surface area contributed by atoms with Gasteiger partial charge in [0, 0.05) is 0 Å². The van der Waals surface area contributed by atoms with E-state index in [9.17, 15) is 39.6 Å². The molecule has 0 saturated heterocycles. The van der Waals surface area contributed by atoms with E-state index < -0.39 is 47.5 Å². The van der Waals surface area contributed by atoms with Gasteiger partial charge < -0.3 is 20.4 Å². The van der Waals surface area contributed by atoms with Crippen LogP contribution in [0.3, 0.4) is 0 Å². The number of rotatable bonds is 44. The first-order chi connectivity index (χ1) is 34.0. The van der Waals surface area contributed by atoms with Crippen molar-refractivity contribution in [3.8, 4) is 0 Å². The molecule has 0 spiro atoms. The number of hydrogen-bond acceptors (Lipinski definition) is 4. The lowest BCUT2D eigenvalue weighted by Crippen LogP contribution is -2.21. The minimum atomic E-state index is -0.959. The Morgan fingerprint density at radius 2 is 0.443 bits per heavy atom. The van der Waals surface area contributed by atoms with Crippen LogP contribution < -0.4 is 0 Å². The smallest absolute Gasteiger partial charge is 0.311 e. The van der Waals surface area contributed by atoms with Gasteiger partial charge in [0.1, 0.15) is 0 Å². The van der Waals surface area contributed by atoms with E-state index in [0.717, 1.165) is 87.8 Å². The van der Waals surface area contributed by atoms with E-state index in [1.54, 1.807) is 0 Å². The topological polar surface area (TPSA) is 149 Å². The molecule has 0 bridgehead atoms. The van der Waals surface area contributed by atoms with Gasteiger partial charge in [0.05, 0.1) is 23.7 Å². The van der Waals surface area contributed by atoms with Crippen LogP contribution in [0.4, 0.5) is 0 Å². The summed E-state index contributed by atoms with van der Waals surface area (Å²) in [5.74, 6) is -7.52. The molecule has 0 fully saturated rings. The fourth-order valence-corrected chi connectivity index (χ4v) is 12.0. The van der Waals surface area contributed by atoms with Crippen LogP contribution in [0, 0.1) is 23.7 Å². The average molecular weight is 969 g/mol. The first kappa shape index (κ1) is 58.6. The van der Waals surface area contributed by atoms with Crippen LogP contribution >= 0.6 is 0 Å². The fraction of sp³-hybridized carbons (Fsp3) is 0.710. The second kappa shape index (κ2) is 32.9. The Labute approximate surface area is 424 Å². The Morgan fingerprint density at radius 3 is 0.600 bits per heavy atom. The van der Waals surface area contributed by atoms with E-state index in [0.29, 0.717) is 95.9 Å². The maximum absolute atomic E-state index is 13.6. The molecule has 0 aliphatic heterocycles. The van der Waals surface area contributed by atoms with Crippen LogP contribution in [-0.4, -0.2) is 44.3 Å². The quantitative estimate of drug-likeness (QED) is 0.0480. The molecule has 8 nitrogen and oxygen atoms in total. The number of hydrogen-bond donors (Lipinski definition) is 4. The standard InChI is InChI=1S/C62H96O8/c1-5-9-13-17-21-25-29-33-37-49(59(63)64)55-45-41-42-47-54-48(44-43-46(53(45)54)56(55)50(60(65)66)38-34-30-26-22-18-14-10-6-2)58(52(62(69)70)40-36-32-28-24-20-16-12-8-4)57(47)51(61(67)68)39-35-31-27-23-19-15-11-7-3/h41-44,49-52H,5-40H2,1-4H3,(H,63,64)(H,65,66)(H,67,68)(H,69,70). The van der Waals surface area contributed by atoms with Gasteiger partial charge in [-0.1, -0.05) is 257 Å². The van der Waals surface area contributed by atoms with Gasteiger partial charge >= 0.3 is 23.9 Å². The van der Waals surface area contributed by atoms with Gasteiger partial charge in [-0.3, -0.25) is 19.2 Å². The highest BCUT2D eigenvalue weighted by molar-refractivity contribution is 6.27. The van der Waals surface area contributed by atoms with Gasteiger partial charge in [-0.15, -0.1) is 0 Å². The molecule has 0 amide bonds. The van der Waals surface area contributed by atoms with Crippen LogP contribution in [0.25, 0.3) is 33.1 Å². The number of carboxylic acids is 4. The molecule has 0 aromatic heterocycles.